The number of amides is 3. The lowest BCUT2D eigenvalue weighted by molar-refractivity contribution is -0.133. The summed E-state index contributed by atoms with van der Waals surface area (Å²) in [6.45, 7) is 2.20. The van der Waals surface area contributed by atoms with Gasteiger partial charge in [0.1, 0.15) is 24.4 Å². The number of carboxylic acid groups (broad SMARTS) is 1. The molecule has 1 saturated heterocycles. The fourth-order valence-electron chi connectivity index (χ4n) is 6.42. The van der Waals surface area contributed by atoms with Crippen LogP contribution in [0.15, 0.2) is 42.9 Å². The molecule has 1 aromatic carbocycles. The van der Waals surface area contributed by atoms with E-state index in [1.165, 1.54) is 11.0 Å². The van der Waals surface area contributed by atoms with Gasteiger partial charge in [0.15, 0.2) is 11.5 Å². The zero-order valence-corrected chi connectivity index (χ0v) is 29.3. The first-order chi connectivity index (χ1) is 25.3. The van der Waals surface area contributed by atoms with E-state index >= 15 is 0 Å². The standard InChI is InChI=1S/C33H40N10O6.CH2O2/c1-47-27-16-26-24(30(48-2)31(27)49-3)15-23-19-41(29(45)20-43-21-36-38-39-43)14-13-40(33(46)25-8-4-5-10-34-25)12-9-28(44)35-17-22-7-6-11-42(18-22)32(23)37-26;2-1-3/h4-5,8,10,15-16,21-22H,6-7,9,11-14,17-20H2,1-3H3,(H,35,44);1H,(H,2,3). The third kappa shape index (κ3) is 8.80. The fourth-order valence-corrected chi connectivity index (χ4v) is 6.42. The Kier molecular flexibility index (Phi) is 12.7. The van der Waals surface area contributed by atoms with Gasteiger partial charge in [0, 0.05) is 75.4 Å². The molecule has 2 N–H and O–H groups in total. The van der Waals surface area contributed by atoms with Gasteiger partial charge in [-0.25, -0.2) is 9.67 Å². The van der Waals surface area contributed by atoms with Gasteiger partial charge in [-0.15, -0.1) is 5.10 Å². The molecule has 3 amide bonds. The van der Waals surface area contributed by atoms with Crippen LogP contribution in [0.3, 0.4) is 0 Å². The highest BCUT2D eigenvalue weighted by Gasteiger charge is 2.29. The summed E-state index contributed by atoms with van der Waals surface area (Å²) in [4.78, 5) is 63.9. The van der Waals surface area contributed by atoms with Crippen molar-refractivity contribution in [3.05, 3.63) is 54.1 Å². The first-order valence-electron chi connectivity index (χ1n) is 16.7. The number of methoxy groups -OCH3 is 3. The highest BCUT2D eigenvalue weighted by molar-refractivity contribution is 5.93. The lowest BCUT2D eigenvalue weighted by atomic mass is 9.97. The highest BCUT2D eigenvalue weighted by atomic mass is 16.5. The summed E-state index contributed by atoms with van der Waals surface area (Å²) in [6.07, 6.45) is 4.89. The van der Waals surface area contributed by atoms with Gasteiger partial charge in [-0.1, -0.05) is 6.07 Å². The Labute approximate surface area is 299 Å². The Morgan fingerprint density at radius 1 is 1.04 bits per heavy atom. The van der Waals surface area contributed by atoms with Crippen LogP contribution < -0.4 is 24.4 Å². The summed E-state index contributed by atoms with van der Waals surface area (Å²) in [5.74, 6) is 1.53. The molecule has 0 radical (unpaired) electrons. The number of hydrogen-bond donors (Lipinski definition) is 2. The van der Waals surface area contributed by atoms with Crippen LogP contribution in [0.1, 0.15) is 35.3 Å². The van der Waals surface area contributed by atoms with Crippen molar-refractivity contribution in [2.45, 2.75) is 32.4 Å². The number of piperidine rings is 1. The Bertz CT molecular complexity index is 1840. The second-order valence-corrected chi connectivity index (χ2v) is 12.1. The summed E-state index contributed by atoms with van der Waals surface area (Å²) in [6, 6.07) is 8.91. The first kappa shape index (κ1) is 37.2. The molecule has 52 heavy (non-hydrogen) atoms. The number of carbonyl (C=O) groups excluding carboxylic acids is 3. The maximum Gasteiger partial charge on any atom is 0.290 e. The molecule has 3 aromatic heterocycles. The molecule has 2 aliphatic rings. The van der Waals surface area contributed by atoms with Gasteiger partial charge < -0.3 is 39.3 Å². The van der Waals surface area contributed by atoms with Gasteiger partial charge in [-0.3, -0.25) is 24.2 Å². The molecule has 2 bridgehead atoms. The van der Waals surface area contributed by atoms with Crippen molar-refractivity contribution in [3.8, 4) is 17.2 Å². The van der Waals surface area contributed by atoms with E-state index in [0.29, 0.717) is 47.1 Å². The van der Waals surface area contributed by atoms with Crippen molar-refractivity contribution in [3.63, 3.8) is 0 Å². The number of aromatic nitrogens is 6. The number of fused-ring (bicyclic) bond motifs is 5. The Hall–Kier alpha value is -6.07. The molecule has 1 fully saturated rings. The Balaban J connectivity index is 0.00000168. The minimum Gasteiger partial charge on any atom is -0.493 e. The second-order valence-electron chi connectivity index (χ2n) is 12.1. The average molecular weight is 719 g/mol. The Morgan fingerprint density at radius 2 is 1.83 bits per heavy atom. The fraction of sp³-hybridized carbons (Fsp3) is 0.441. The number of pyridine rings is 2. The van der Waals surface area contributed by atoms with Gasteiger partial charge in [-0.05, 0) is 47.4 Å². The van der Waals surface area contributed by atoms with Crippen LogP contribution >= 0.6 is 0 Å². The maximum absolute atomic E-state index is 14.0. The Morgan fingerprint density at radius 3 is 2.52 bits per heavy atom. The lowest BCUT2D eigenvalue weighted by Gasteiger charge is -2.35. The molecule has 0 aliphatic carbocycles. The number of anilines is 1. The van der Waals surface area contributed by atoms with Crippen LogP contribution in [0.4, 0.5) is 5.82 Å². The molecule has 1 unspecified atom stereocenters. The quantitative estimate of drug-likeness (QED) is 0.269. The molecule has 0 saturated carbocycles. The molecule has 276 valence electrons. The van der Waals surface area contributed by atoms with E-state index in [1.807, 2.05) is 12.1 Å². The van der Waals surface area contributed by atoms with E-state index in [4.69, 9.17) is 29.1 Å². The van der Waals surface area contributed by atoms with Crippen LogP contribution in [0.5, 0.6) is 17.2 Å². The lowest BCUT2D eigenvalue weighted by Crippen LogP contribution is -2.43. The molecule has 5 heterocycles. The number of carbonyl (C=O) groups is 4. The molecule has 6 rings (SSSR count). The smallest absolute Gasteiger partial charge is 0.290 e. The molecule has 18 nitrogen and oxygen atoms in total. The minimum absolute atomic E-state index is 0.111. The topological polar surface area (TPSA) is 207 Å². The van der Waals surface area contributed by atoms with Crippen molar-refractivity contribution in [2.24, 2.45) is 5.92 Å². The largest absolute Gasteiger partial charge is 0.493 e. The number of rotatable bonds is 6. The second kappa shape index (κ2) is 17.7. The molecule has 4 aromatic rings. The van der Waals surface area contributed by atoms with Crippen molar-refractivity contribution in [2.75, 3.05) is 65.5 Å². The van der Waals surface area contributed by atoms with Gasteiger partial charge in [0.05, 0.1) is 26.8 Å². The van der Waals surface area contributed by atoms with Crippen LogP contribution in [0, 0.1) is 5.92 Å². The van der Waals surface area contributed by atoms with Gasteiger partial charge in [0.2, 0.25) is 17.6 Å². The number of nitrogens with one attached hydrogen (secondary N) is 1. The SMILES string of the molecule is COc1cc2nc3c(cc2c(OC)c1OC)CN(C(=O)Cn1cnnn1)CCN(C(=O)c1ccccn1)CCC(=O)NCC1CCCN3C1.O=CO. The van der Waals surface area contributed by atoms with Crippen LogP contribution in [-0.2, 0) is 27.5 Å². The van der Waals surface area contributed by atoms with E-state index in [2.05, 4.69) is 30.7 Å². The number of ether oxygens (including phenoxy) is 3. The maximum atomic E-state index is 14.0. The predicted molar refractivity (Wildman–Crippen MR) is 186 cm³/mol. The summed E-state index contributed by atoms with van der Waals surface area (Å²) in [5, 5.41) is 21.9. The van der Waals surface area contributed by atoms with Crippen LogP contribution in [0.25, 0.3) is 10.9 Å². The van der Waals surface area contributed by atoms with Crippen molar-refractivity contribution in [1.82, 2.24) is 45.3 Å². The van der Waals surface area contributed by atoms with Crippen molar-refractivity contribution >= 4 is 40.9 Å². The van der Waals surface area contributed by atoms with E-state index < -0.39 is 0 Å². The molecular weight excluding hydrogens is 676 g/mol. The van der Waals surface area contributed by atoms with E-state index in [1.54, 1.807) is 55.5 Å². The summed E-state index contributed by atoms with van der Waals surface area (Å²) >= 11 is 0. The first-order valence-corrected chi connectivity index (χ1v) is 16.7. The van der Waals surface area contributed by atoms with Gasteiger partial charge in [0.25, 0.3) is 12.4 Å². The van der Waals surface area contributed by atoms with Gasteiger partial charge >= 0.3 is 0 Å². The summed E-state index contributed by atoms with van der Waals surface area (Å²) in [5.41, 5.74) is 1.68. The monoisotopic (exact) mass is 718 g/mol. The average Bonchev–Trinajstić information content (AvgIpc) is 3.68. The van der Waals surface area contributed by atoms with Crippen LogP contribution in [-0.4, -0.2) is 130 Å². The molecule has 1 atom stereocenters. The summed E-state index contributed by atoms with van der Waals surface area (Å²) in [7, 11) is 4.67. The summed E-state index contributed by atoms with van der Waals surface area (Å²) < 4.78 is 18.5. The number of nitrogens with zero attached hydrogens (tertiary/aromatic N) is 9. The van der Waals surface area contributed by atoms with E-state index in [9.17, 15) is 14.4 Å². The number of tetrazole rings is 1. The van der Waals surface area contributed by atoms with E-state index in [-0.39, 0.29) is 75.0 Å². The van der Waals surface area contributed by atoms with Crippen LogP contribution in [0.2, 0.25) is 0 Å². The number of hydrogen-bond acceptors (Lipinski definition) is 13. The third-order valence-corrected chi connectivity index (χ3v) is 8.91. The number of benzene rings is 1. The van der Waals surface area contributed by atoms with Crippen molar-refractivity contribution in [1.29, 1.82) is 0 Å². The molecule has 2 aliphatic heterocycles. The molecule has 18 heteroatoms. The minimum atomic E-state index is -0.327. The van der Waals surface area contributed by atoms with E-state index in [0.717, 1.165) is 24.9 Å². The normalized spacial score (nSPS) is 16.6. The molecular formula is C34H42N10O8. The van der Waals surface area contributed by atoms with Gasteiger partial charge in [-0.2, -0.15) is 0 Å². The zero-order chi connectivity index (χ0) is 37.0. The highest BCUT2D eigenvalue weighted by Crippen LogP contribution is 2.44. The predicted octanol–water partition coefficient (Wildman–Crippen LogP) is 1.25. The molecule has 0 spiro atoms. The third-order valence-electron chi connectivity index (χ3n) is 8.91. The zero-order valence-electron chi connectivity index (χ0n) is 29.3. The van der Waals surface area contributed by atoms with Crippen molar-refractivity contribution < 1.29 is 38.5 Å².